The van der Waals surface area contributed by atoms with Gasteiger partial charge in [-0.05, 0) is 42.5 Å². The topological polar surface area (TPSA) is 54.3 Å². The second-order valence-electron chi connectivity index (χ2n) is 9.09. The molecule has 0 spiro atoms. The number of nitrogens with zero attached hydrogens (tertiary/aromatic N) is 5. The fraction of sp³-hybridized carbons (Fsp3) is 0.400. The number of fused-ring (bicyclic) bond motifs is 1. The van der Waals surface area contributed by atoms with Gasteiger partial charge in [0.1, 0.15) is 0 Å². The molecule has 31 heavy (non-hydrogen) atoms. The van der Waals surface area contributed by atoms with Crippen LogP contribution in [0.4, 0.5) is 0 Å². The second-order valence-corrected chi connectivity index (χ2v) is 9.09. The van der Waals surface area contributed by atoms with Crippen LogP contribution < -0.4 is 0 Å². The number of hydrogen-bond acceptors (Lipinski definition) is 4. The highest BCUT2D eigenvalue weighted by Gasteiger charge is 2.52. The fourth-order valence-corrected chi connectivity index (χ4v) is 5.42. The Balaban J connectivity index is 1.35. The normalized spacial score (nSPS) is 23.3. The lowest BCUT2D eigenvalue weighted by Crippen LogP contribution is -2.37. The third-order valence-corrected chi connectivity index (χ3v) is 7.09. The van der Waals surface area contributed by atoms with Crippen LogP contribution in [-0.2, 0) is 20.0 Å². The van der Waals surface area contributed by atoms with Crippen LogP contribution in [0, 0.1) is 11.3 Å². The van der Waals surface area contributed by atoms with Gasteiger partial charge in [0.2, 0.25) is 0 Å². The molecule has 2 aliphatic rings. The largest absolute Gasteiger partial charge is 0.338 e. The molecule has 2 fully saturated rings. The maximum Gasteiger partial charge on any atom is 0.255 e. The highest BCUT2D eigenvalue weighted by atomic mass is 16.2. The molecule has 1 amide bonds. The lowest BCUT2D eigenvalue weighted by molar-refractivity contribution is 0.0754. The zero-order valence-electron chi connectivity index (χ0n) is 18.0. The van der Waals surface area contributed by atoms with Crippen molar-refractivity contribution in [2.24, 2.45) is 18.4 Å². The van der Waals surface area contributed by atoms with Gasteiger partial charge in [-0.25, -0.2) is 0 Å². The van der Waals surface area contributed by atoms with E-state index in [0.717, 1.165) is 45.6 Å². The highest BCUT2D eigenvalue weighted by Crippen LogP contribution is 2.46. The van der Waals surface area contributed by atoms with E-state index in [1.54, 1.807) is 12.4 Å². The smallest absolute Gasteiger partial charge is 0.255 e. The van der Waals surface area contributed by atoms with Gasteiger partial charge >= 0.3 is 0 Å². The molecule has 3 aromatic rings. The Morgan fingerprint density at radius 2 is 1.94 bits per heavy atom. The number of likely N-dealkylation sites (tertiary alicyclic amines) is 2. The summed E-state index contributed by atoms with van der Waals surface area (Å²) in [5.41, 5.74) is 3.43. The number of hydrogen-bond donors (Lipinski definition) is 0. The fourth-order valence-electron chi connectivity index (χ4n) is 5.42. The van der Waals surface area contributed by atoms with E-state index < -0.39 is 0 Å². The summed E-state index contributed by atoms with van der Waals surface area (Å²) in [6.45, 7) is 4.60. The number of pyridine rings is 1. The molecular formula is C25H29N5O. The van der Waals surface area contributed by atoms with Gasteiger partial charge in [-0.1, -0.05) is 30.3 Å². The minimum absolute atomic E-state index is 0.111. The van der Waals surface area contributed by atoms with Gasteiger partial charge in [0.25, 0.3) is 5.91 Å². The Bertz CT molecular complexity index is 1030. The number of amides is 1. The molecular weight excluding hydrogens is 386 g/mol. The van der Waals surface area contributed by atoms with Crippen molar-refractivity contribution in [3.8, 4) is 0 Å². The van der Waals surface area contributed by atoms with E-state index in [1.165, 1.54) is 11.3 Å². The lowest BCUT2D eigenvalue weighted by Gasteiger charge is -2.30. The van der Waals surface area contributed by atoms with Crippen LogP contribution in [0.5, 0.6) is 0 Å². The van der Waals surface area contributed by atoms with Gasteiger partial charge < -0.3 is 4.90 Å². The average Bonchev–Trinajstić information content (AvgIpc) is 3.46. The Kier molecular flexibility index (Phi) is 5.32. The number of carbonyl (C=O) groups excluding carboxylic acids is 1. The SMILES string of the molecule is Cn1nccc1CN1C[C@H]2CN(C(=O)c3cccnc3)C[C@@]2(CCc2ccccc2)C1. The second kappa shape index (κ2) is 8.27. The predicted molar refractivity (Wildman–Crippen MR) is 119 cm³/mol. The highest BCUT2D eigenvalue weighted by molar-refractivity contribution is 5.94. The number of benzene rings is 1. The summed E-state index contributed by atoms with van der Waals surface area (Å²) in [5, 5.41) is 4.32. The first-order chi connectivity index (χ1) is 15.1. The Morgan fingerprint density at radius 1 is 1.06 bits per heavy atom. The van der Waals surface area contributed by atoms with Crippen LogP contribution in [0.1, 0.15) is 28.0 Å². The zero-order chi connectivity index (χ0) is 21.3. The first-order valence-electron chi connectivity index (χ1n) is 11.1. The number of aryl methyl sites for hydroxylation is 2. The van der Waals surface area contributed by atoms with E-state index in [4.69, 9.17) is 0 Å². The molecule has 160 valence electrons. The molecule has 1 aromatic carbocycles. The molecule has 0 unspecified atom stereocenters. The van der Waals surface area contributed by atoms with Crippen molar-refractivity contribution in [3.63, 3.8) is 0 Å². The summed E-state index contributed by atoms with van der Waals surface area (Å²) in [7, 11) is 2.01. The number of carbonyl (C=O) groups is 1. The van der Waals surface area contributed by atoms with Crippen LogP contribution in [0.2, 0.25) is 0 Å². The molecule has 5 rings (SSSR count). The molecule has 0 N–H and O–H groups in total. The van der Waals surface area contributed by atoms with Gasteiger partial charge in [0.05, 0.1) is 11.3 Å². The van der Waals surface area contributed by atoms with Crippen LogP contribution >= 0.6 is 0 Å². The van der Waals surface area contributed by atoms with Gasteiger partial charge in [-0.15, -0.1) is 0 Å². The monoisotopic (exact) mass is 415 g/mol. The minimum atomic E-state index is 0.111. The maximum atomic E-state index is 13.1. The standard InChI is InChI=1S/C25H29N5O/c1-28-23(10-13-27-28)17-29-15-22-16-30(24(31)21-8-5-12-26-14-21)19-25(22,18-29)11-9-20-6-3-2-4-7-20/h2-8,10,12-14,22H,9,11,15-19H2,1H3/t22-,25+/m0/s1. The number of aromatic nitrogens is 3. The van der Waals surface area contributed by atoms with Gasteiger partial charge in [-0.3, -0.25) is 19.4 Å². The molecule has 0 radical (unpaired) electrons. The third-order valence-electron chi connectivity index (χ3n) is 7.09. The quantitative estimate of drug-likeness (QED) is 0.621. The van der Waals surface area contributed by atoms with Crippen molar-refractivity contribution in [3.05, 3.63) is 83.9 Å². The molecule has 2 atom stereocenters. The molecule has 4 heterocycles. The van der Waals surface area contributed by atoms with E-state index in [-0.39, 0.29) is 11.3 Å². The molecule has 0 aliphatic carbocycles. The molecule has 6 nitrogen and oxygen atoms in total. The first kappa shape index (κ1) is 19.9. The van der Waals surface area contributed by atoms with Gasteiger partial charge in [0.15, 0.2) is 0 Å². The van der Waals surface area contributed by atoms with E-state index >= 15 is 0 Å². The lowest BCUT2D eigenvalue weighted by atomic mass is 9.76. The summed E-state index contributed by atoms with van der Waals surface area (Å²) in [6.07, 6.45) is 7.41. The van der Waals surface area contributed by atoms with E-state index in [9.17, 15) is 4.79 Å². The molecule has 6 heteroatoms. The van der Waals surface area contributed by atoms with Crippen LogP contribution in [0.3, 0.4) is 0 Å². The van der Waals surface area contributed by atoms with Crippen LogP contribution in [0.15, 0.2) is 67.1 Å². The zero-order valence-corrected chi connectivity index (χ0v) is 18.0. The summed E-state index contributed by atoms with van der Waals surface area (Å²) < 4.78 is 1.96. The summed E-state index contributed by atoms with van der Waals surface area (Å²) in [5.74, 6) is 0.602. The summed E-state index contributed by atoms with van der Waals surface area (Å²) in [4.78, 5) is 21.9. The summed E-state index contributed by atoms with van der Waals surface area (Å²) in [6, 6.07) is 16.5. The molecule has 2 aromatic heterocycles. The maximum absolute atomic E-state index is 13.1. The Morgan fingerprint density at radius 3 is 2.68 bits per heavy atom. The van der Waals surface area contributed by atoms with E-state index in [1.807, 2.05) is 30.1 Å². The van der Waals surface area contributed by atoms with Gasteiger partial charge in [0, 0.05) is 63.8 Å². The van der Waals surface area contributed by atoms with Crippen LogP contribution in [0.25, 0.3) is 0 Å². The van der Waals surface area contributed by atoms with Crippen LogP contribution in [-0.4, -0.2) is 56.7 Å². The predicted octanol–water partition coefficient (Wildman–Crippen LogP) is 3.02. The molecule has 0 bridgehead atoms. The van der Waals surface area contributed by atoms with Crippen molar-refractivity contribution in [2.45, 2.75) is 19.4 Å². The van der Waals surface area contributed by atoms with Crippen molar-refractivity contribution in [1.82, 2.24) is 24.6 Å². The minimum Gasteiger partial charge on any atom is -0.338 e. The van der Waals surface area contributed by atoms with Gasteiger partial charge in [-0.2, -0.15) is 5.10 Å². The third kappa shape index (κ3) is 4.00. The summed E-state index contributed by atoms with van der Waals surface area (Å²) >= 11 is 0. The van der Waals surface area contributed by atoms with Crippen molar-refractivity contribution < 1.29 is 4.79 Å². The van der Waals surface area contributed by atoms with Crippen molar-refractivity contribution >= 4 is 5.91 Å². The molecule has 0 saturated carbocycles. The van der Waals surface area contributed by atoms with E-state index in [0.29, 0.717) is 11.5 Å². The number of rotatable bonds is 6. The molecule has 2 aliphatic heterocycles. The Hall–Kier alpha value is -2.99. The van der Waals surface area contributed by atoms with E-state index in [2.05, 4.69) is 56.3 Å². The van der Waals surface area contributed by atoms with Crippen molar-refractivity contribution in [2.75, 3.05) is 26.2 Å². The Labute approximate surface area is 183 Å². The average molecular weight is 416 g/mol. The first-order valence-corrected chi connectivity index (χ1v) is 11.1. The van der Waals surface area contributed by atoms with Crippen molar-refractivity contribution in [1.29, 1.82) is 0 Å². The molecule has 2 saturated heterocycles.